The number of hydrogen-bond donors (Lipinski definition) is 0. The molecule has 0 aliphatic heterocycles. The predicted molar refractivity (Wildman–Crippen MR) is 136 cm³/mol. The molecule has 0 aliphatic carbocycles. The fourth-order valence-electron chi connectivity index (χ4n) is 4.08. The molecular formula is C27H49NO2S. The Balaban J connectivity index is 3.55. The third kappa shape index (κ3) is 8.20. The van der Waals surface area contributed by atoms with Gasteiger partial charge in [0.2, 0.25) is 10.0 Å². The Labute approximate surface area is 194 Å². The van der Waals surface area contributed by atoms with Crippen LogP contribution < -0.4 is 0 Å². The summed E-state index contributed by atoms with van der Waals surface area (Å²) in [7, 11) is -3.59. The molecule has 1 aromatic rings. The fourth-order valence-corrected chi connectivity index (χ4v) is 6.36. The minimum atomic E-state index is -3.59. The maximum atomic E-state index is 14.2. The monoisotopic (exact) mass is 451 g/mol. The smallest absolute Gasteiger partial charge is 0.207 e. The molecule has 0 aliphatic rings. The number of hydrogen-bond acceptors (Lipinski definition) is 2. The molecule has 0 aromatic heterocycles. The average molecular weight is 452 g/mol. The van der Waals surface area contributed by atoms with Crippen LogP contribution in [-0.2, 0) is 20.9 Å². The predicted octanol–water partition coefficient (Wildman–Crippen LogP) is 7.74. The molecule has 0 saturated carbocycles. The molecule has 0 amide bonds. The second-order valence-corrected chi connectivity index (χ2v) is 13.1. The normalized spacial score (nSPS) is 13.2. The van der Waals surface area contributed by atoms with E-state index in [0.29, 0.717) is 18.0 Å². The standard InChI is InChI=1S/C27H49NO2S/c1-10-12-14-16-18-28(19-17-15-13-11-2)31(29,30)25-23(26(4,5)6)20-22(3)21-24(25)27(7,8)9/h20-21H,10-19H2,1-9H3. The van der Waals surface area contributed by atoms with Crippen molar-refractivity contribution in [3.05, 3.63) is 28.8 Å². The number of benzene rings is 1. The van der Waals surface area contributed by atoms with E-state index in [1.54, 1.807) is 4.31 Å². The molecule has 31 heavy (non-hydrogen) atoms. The van der Waals surface area contributed by atoms with Gasteiger partial charge >= 0.3 is 0 Å². The maximum Gasteiger partial charge on any atom is 0.243 e. The van der Waals surface area contributed by atoms with E-state index in [2.05, 4.69) is 74.4 Å². The minimum absolute atomic E-state index is 0.246. The lowest BCUT2D eigenvalue weighted by atomic mass is 9.79. The molecule has 0 radical (unpaired) electrons. The van der Waals surface area contributed by atoms with Gasteiger partial charge in [-0.15, -0.1) is 0 Å². The number of nitrogens with zero attached hydrogens (tertiary/aromatic N) is 1. The van der Waals surface area contributed by atoms with Crippen LogP contribution in [0.25, 0.3) is 0 Å². The molecule has 4 heteroatoms. The molecule has 0 saturated heterocycles. The molecule has 0 atom stereocenters. The van der Waals surface area contributed by atoms with Gasteiger partial charge in [-0.3, -0.25) is 0 Å². The highest BCUT2D eigenvalue weighted by atomic mass is 32.2. The van der Waals surface area contributed by atoms with E-state index >= 15 is 0 Å². The molecule has 0 fully saturated rings. The Morgan fingerprint density at radius 2 is 1.10 bits per heavy atom. The minimum Gasteiger partial charge on any atom is -0.207 e. The van der Waals surface area contributed by atoms with Crippen LogP contribution in [-0.4, -0.2) is 25.8 Å². The second kappa shape index (κ2) is 11.8. The molecule has 3 nitrogen and oxygen atoms in total. The van der Waals surface area contributed by atoms with Gasteiger partial charge in [-0.05, 0) is 41.7 Å². The van der Waals surface area contributed by atoms with Crippen molar-refractivity contribution < 1.29 is 8.42 Å². The van der Waals surface area contributed by atoms with Crippen LogP contribution in [0.2, 0.25) is 0 Å². The summed E-state index contributed by atoms with van der Waals surface area (Å²) in [5.41, 5.74) is 2.54. The summed E-state index contributed by atoms with van der Waals surface area (Å²) in [5, 5.41) is 0. The number of sulfonamides is 1. The lowest BCUT2D eigenvalue weighted by Gasteiger charge is -2.33. The average Bonchev–Trinajstić information content (AvgIpc) is 2.64. The van der Waals surface area contributed by atoms with Gasteiger partial charge < -0.3 is 0 Å². The molecule has 180 valence electrons. The Hall–Kier alpha value is -0.870. The molecule has 1 aromatic carbocycles. The Bertz CT molecular complexity index is 735. The zero-order valence-electron chi connectivity index (χ0n) is 21.9. The van der Waals surface area contributed by atoms with E-state index in [0.717, 1.165) is 68.1 Å². The van der Waals surface area contributed by atoms with Crippen LogP contribution in [0.4, 0.5) is 0 Å². The van der Waals surface area contributed by atoms with Crippen LogP contribution >= 0.6 is 0 Å². The number of unbranched alkanes of at least 4 members (excludes halogenated alkanes) is 6. The first-order chi connectivity index (χ1) is 14.3. The SMILES string of the molecule is CCCCCCN(CCCCCC)S(=O)(=O)c1c(C(C)(C)C)cc(C)cc1C(C)(C)C. The summed E-state index contributed by atoms with van der Waals surface area (Å²) in [6, 6.07) is 4.18. The van der Waals surface area contributed by atoms with Crippen LogP contribution in [0.3, 0.4) is 0 Å². The summed E-state index contributed by atoms with van der Waals surface area (Å²) in [5.74, 6) is 0. The molecule has 0 spiro atoms. The highest BCUT2D eigenvalue weighted by Crippen LogP contribution is 2.39. The van der Waals surface area contributed by atoms with Gasteiger partial charge in [-0.1, -0.05) is 112 Å². The lowest BCUT2D eigenvalue weighted by Crippen LogP contribution is -2.36. The summed E-state index contributed by atoms with van der Waals surface area (Å²) in [6.45, 7) is 20.5. The molecule has 0 N–H and O–H groups in total. The van der Waals surface area contributed by atoms with Crippen molar-refractivity contribution in [2.75, 3.05) is 13.1 Å². The Morgan fingerprint density at radius 1 is 0.710 bits per heavy atom. The quantitative estimate of drug-likeness (QED) is 0.305. The van der Waals surface area contributed by atoms with Gasteiger partial charge in [0.1, 0.15) is 0 Å². The van der Waals surface area contributed by atoms with E-state index < -0.39 is 10.0 Å². The van der Waals surface area contributed by atoms with Gasteiger partial charge in [-0.2, -0.15) is 4.31 Å². The van der Waals surface area contributed by atoms with Crippen LogP contribution in [0, 0.1) is 6.92 Å². The van der Waals surface area contributed by atoms with Gasteiger partial charge in [0, 0.05) is 13.1 Å². The summed E-state index contributed by atoms with van der Waals surface area (Å²) in [4.78, 5) is 0.559. The van der Waals surface area contributed by atoms with Crippen molar-refractivity contribution in [2.24, 2.45) is 0 Å². The van der Waals surface area contributed by atoms with E-state index in [1.807, 2.05) is 0 Å². The molecule has 0 unspecified atom stereocenters. The number of rotatable bonds is 12. The van der Waals surface area contributed by atoms with Crippen molar-refractivity contribution in [3.8, 4) is 0 Å². The van der Waals surface area contributed by atoms with Crippen LogP contribution in [0.15, 0.2) is 17.0 Å². The molecule has 0 heterocycles. The largest absolute Gasteiger partial charge is 0.243 e. The van der Waals surface area contributed by atoms with E-state index in [-0.39, 0.29) is 10.8 Å². The summed E-state index contributed by atoms with van der Waals surface area (Å²) in [6.07, 6.45) is 8.68. The molecule has 1 rings (SSSR count). The lowest BCUT2D eigenvalue weighted by molar-refractivity contribution is 0.382. The highest BCUT2D eigenvalue weighted by Gasteiger charge is 2.36. The van der Waals surface area contributed by atoms with E-state index in [1.165, 1.54) is 0 Å². The highest BCUT2D eigenvalue weighted by molar-refractivity contribution is 7.89. The Kier molecular flexibility index (Phi) is 10.8. The van der Waals surface area contributed by atoms with Gasteiger partial charge in [0.15, 0.2) is 0 Å². The van der Waals surface area contributed by atoms with Crippen LogP contribution in [0.1, 0.15) is 123 Å². The second-order valence-electron chi connectivity index (χ2n) is 11.2. The third-order valence-electron chi connectivity index (χ3n) is 5.97. The first-order valence-electron chi connectivity index (χ1n) is 12.4. The first-order valence-corrected chi connectivity index (χ1v) is 13.9. The van der Waals surface area contributed by atoms with Gasteiger partial charge in [-0.25, -0.2) is 8.42 Å². The maximum absolute atomic E-state index is 14.2. The molecule has 0 bridgehead atoms. The van der Waals surface area contributed by atoms with Gasteiger partial charge in [0.25, 0.3) is 0 Å². The van der Waals surface area contributed by atoms with Crippen molar-refractivity contribution >= 4 is 10.0 Å². The fraction of sp³-hybridized carbons (Fsp3) is 0.778. The number of aryl methyl sites for hydroxylation is 1. The Morgan fingerprint density at radius 3 is 1.42 bits per heavy atom. The summed E-state index contributed by atoms with van der Waals surface area (Å²) < 4.78 is 30.3. The van der Waals surface area contributed by atoms with Crippen LogP contribution in [0.5, 0.6) is 0 Å². The molecular weight excluding hydrogens is 402 g/mol. The van der Waals surface area contributed by atoms with Gasteiger partial charge in [0.05, 0.1) is 4.90 Å². The zero-order chi connectivity index (χ0) is 23.9. The van der Waals surface area contributed by atoms with E-state index in [9.17, 15) is 8.42 Å². The van der Waals surface area contributed by atoms with E-state index in [4.69, 9.17) is 0 Å². The van der Waals surface area contributed by atoms with Crippen molar-refractivity contribution in [1.29, 1.82) is 0 Å². The van der Waals surface area contributed by atoms with Crippen molar-refractivity contribution in [1.82, 2.24) is 4.31 Å². The topological polar surface area (TPSA) is 37.4 Å². The summed E-state index contributed by atoms with van der Waals surface area (Å²) >= 11 is 0. The van der Waals surface area contributed by atoms with Crippen molar-refractivity contribution in [2.45, 2.75) is 129 Å². The zero-order valence-corrected chi connectivity index (χ0v) is 22.7. The third-order valence-corrected chi connectivity index (χ3v) is 7.97. The first kappa shape index (κ1) is 28.2. The van der Waals surface area contributed by atoms with Crippen molar-refractivity contribution in [3.63, 3.8) is 0 Å².